The number of ether oxygens (including phenoxy) is 1. The smallest absolute Gasteiger partial charge is 0.310 e. The third-order valence-electron chi connectivity index (χ3n) is 0.628. The monoisotopic (exact) mass is 166 g/mol. The van der Waals surface area contributed by atoms with E-state index in [-0.39, 0.29) is 6.61 Å². The Balaban J connectivity index is 3.70. The molecule has 0 aliphatic rings. The molecule has 0 rings (SSSR count). The molecular formula is C4H7O5P-2. The van der Waals surface area contributed by atoms with E-state index < -0.39 is 19.7 Å². The topological polar surface area (TPSA) is 89.5 Å². The molecule has 6 heteroatoms. The van der Waals surface area contributed by atoms with Gasteiger partial charge in [0.25, 0.3) is 0 Å². The summed E-state index contributed by atoms with van der Waals surface area (Å²) in [6.45, 7) is 1.61. The van der Waals surface area contributed by atoms with Crippen LogP contribution in [0.4, 0.5) is 0 Å². The first-order chi connectivity index (χ1) is 4.45. The molecule has 0 aromatic rings. The number of carbonyl (C=O) groups excluding carboxylic acids is 1. The Morgan fingerprint density at radius 2 is 2.10 bits per heavy atom. The number of carbonyl (C=O) groups is 1. The zero-order valence-electron chi connectivity index (χ0n) is 5.40. The summed E-state index contributed by atoms with van der Waals surface area (Å²) in [6, 6.07) is 0. The number of hydrogen-bond donors (Lipinski definition) is 0. The highest BCUT2D eigenvalue weighted by Crippen LogP contribution is 2.21. The van der Waals surface area contributed by atoms with Crippen LogP contribution in [0, 0.1) is 0 Å². The Morgan fingerprint density at radius 3 is 2.40 bits per heavy atom. The van der Waals surface area contributed by atoms with Gasteiger partial charge >= 0.3 is 5.97 Å². The predicted molar refractivity (Wildman–Crippen MR) is 29.1 cm³/mol. The van der Waals surface area contributed by atoms with E-state index in [9.17, 15) is 19.1 Å². The van der Waals surface area contributed by atoms with E-state index >= 15 is 0 Å². The first kappa shape index (κ1) is 9.62. The minimum atomic E-state index is -4.73. The highest BCUT2D eigenvalue weighted by Gasteiger charge is 2.02. The van der Waals surface area contributed by atoms with Gasteiger partial charge in [0.2, 0.25) is 0 Å². The summed E-state index contributed by atoms with van der Waals surface area (Å²) < 4.78 is 14.1. The molecule has 0 radical (unpaired) electrons. The minimum Gasteiger partial charge on any atom is -0.810 e. The Hall–Kier alpha value is -0.380. The molecule has 0 spiro atoms. The average molecular weight is 166 g/mol. The van der Waals surface area contributed by atoms with Gasteiger partial charge in [-0.3, -0.25) is 4.79 Å². The summed E-state index contributed by atoms with van der Waals surface area (Å²) in [5, 5.41) is 0. The molecule has 0 heterocycles. The lowest BCUT2D eigenvalue weighted by atomic mass is 10.8. The summed E-state index contributed by atoms with van der Waals surface area (Å²) in [5.41, 5.74) is 0. The van der Waals surface area contributed by atoms with E-state index in [1.165, 1.54) is 6.92 Å². The van der Waals surface area contributed by atoms with Gasteiger partial charge in [-0.15, -0.1) is 0 Å². The standard InChI is InChI=1S/C4H9O5P/c1-2-9-4(5)3-10(6,7)8/h2-3H2,1H3,(H2,6,7,8)/p-2. The van der Waals surface area contributed by atoms with Crippen molar-refractivity contribution in [2.45, 2.75) is 6.92 Å². The van der Waals surface area contributed by atoms with Crippen molar-refractivity contribution in [1.29, 1.82) is 0 Å². The maximum absolute atomic E-state index is 10.3. The second-order valence-electron chi connectivity index (χ2n) is 1.57. The van der Waals surface area contributed by atoms with Gasteiger partial charge in [-0.05, 0) is 6.92 Å². The minimum absolute atomic E-state index is 0.0822. The summed E-state index contributed by atoms with van der Waals surface area (Å²) >= 11 is 0. The molecular weight excluding hydrogens is 159 g/mol. The van der Waals surface area contributed by atoms with Gasteiger partial charge in [0.05, 0.1) is 12.8 Å². The summed E-state index contributed by atoms with van der Waals surface area (Å²) in [6.07, 6.45) is -1.05. The lowest BCUT2D eigenvalue weighted by Gasteiger charge is -2.27. The van der Waals surface area contributed by atoms with Crippen LogP contribution in [0.25, 0.3) is 0 Å². The molecule has 0 saturated heterocycles. The van der Waals surface area contributed by atoms with Gasteiger partial charge in [-0.1, -0.05) is 7.60 Å². The zero-order chi connectivity index (χ0) is 8.20. The molecule has 0 aromatic carbocycles. The summed E-state index contributed by atoms with van der Waals surface area (Å²) in [4.78, 5) is 30.0. The lowest BCUT2D eigenvalue weighted by Crippen LogP contribution is -2.23. The van der Waals surface area contributed by atoms with Crippen LogP contribution in [-0.2, 0) is 14.1 Å². The van der Waals surface area contributed by atoms with Gasteiger partial charge in [0.1, 0.15) is 0 Å². The van der Waals surface area contributed by atoms with Crippen LogP contribution in [0.15, 0.2) is 0 Å². The third-order valence-corrected chi connectivity index (χ3v) is 1.27. The van der Waals surface area contributed by atoms with Crippen molar-refractivity contribution < 1.29 is 23.9 Å². The Kier molecular flexibility index (Phi) is 3.57. The van der Waals surface area contributed by atoms with Crippen LogP contribution >= 0.6 is 7.60 Å². The molecule has 0 bridgehead atoms. The van der Waals surface area contributed by atoms with E-state index in [4.69, 9.17) is 0 Å². The average Bonchev–Trinajstić information content (AvgIpc) is 1.59. The van der Waals surface area contributed by atoms with Crippen molar-refractivity contribution in [3.63, 3.8) is 0 Å². The fraction of sp³-hybridized carbons (Fsp3) is 0.750. The van der Waals surface area contributed by atoms with Crippen molar-refractivity contribution >= 4 is 13.6 Å². The van der Waals surface area contributed by atoms with Gasteiger partial charge in [-0.25, -0.2) is 0 Å². The second-order valence-corrected chi connectivity index (χ2v) is 3.11. The maximum Gasteiger partial charge on any atom is 0.310 e. The van der Waals surface area contributed by atoms with E-state index in [0.717, 1.165) is 0 Å². The largest absolute Gasteiger partial charge is 0.810 e. The highest BCUT2D eigenvalue weighted by molar-refractivity contribution is 7.49. The van der Waals surface area contributed by atoms with Crippen molar-refractivity contribution in [3.05, 3.63) is 0 Å². The van der Waals surface area contributed by atoms with Crippen molar-refractivity contribution in [1.82, 2.24) is 0 Å². The van der Waals surface area contributed by atoms with Gasteiger partial charge < -0.3 is 19.1 Å². The number of hydrogen-bond acceptors (Lipinski definition) is 5. The zero-order valence-corrected chi connectivity index (χ0v) is 6.30. The van der Waals surface area contributed by atoms with Crippen LogP contribution < -0.4 is 9.79 Å². The van der Waals surface area contributed by atoms with Crippen LogP contribution in [0.1, 0.15) is 6.92 Å². The first-order valence-corrected chi connectivity index (χ1v) is 4.35. The van der Waals surface area contributed by atoms with Gasteiger partial charge in [-0.2, -0.15) is 0 Å². The third kappa shape index (κ3) is 5.75. The van der Waals surface area contributed by atoms with Crippen molar-refractivity contribution in [2.24, 2.45) is 0 Å². The molecule has 0 N–H and O–H groups in total. The highest BCUT2D eigenvalue weighted by atomic mass is 31.2. The fourth-order valence-corrected chi connectivity index (χ4v) is 0.772. The van der Waals surface area contributed by atoms with Crippen LogP contribution in [0.5, 0.6) is 0 Å². The molecule has 0 fully saturated rings. The molecule has 0 aliphatic carbocycles. The molecule has 0 aromatic heterocycles. The number of esters is 1. The fourth-order valence-electron chi connectivity index (χ4n) is 0.365. The van der Waals surface area contributed by atoms with Crippen LogP contribution in [0.2, 0.25) is 0 Å². The van der Waals surface area contributed by atoms with E-state index in [2.05, 4.69) is 4.74 Å². The van der Waals surface area contributed by atoms with Gasteiger partial charge in [0.15, 0.2) is 0 Å². The molecule has 0 amide bonds. The Labute approximate surface area is 58.2 Å². The molecule has 0 unspecified atom stereocenters. The summed E-state index contributed by atoms with van der Waals surface area (Å²) in [7, 11) is -4.73. The van der Waals surface area contributed by atoms with E-state index in [1.807, 2.05) is 0 Å². The normalized spacial score (nSPS) is 11.1. The quantitative estimate of drug-likeness (QED) is 0.374. The van der Waals surface area contributed by atoms with E-state index in [0.29, 0.717) is 0 Å². The molecule has 5 nitrogen and oxygen atoms in total. The molecule has 60 valence electrons. The SMILES string of the molecule is CCOC(=O)CP(=O)([O-])[O-]. The van der Waals surface area contributed by atoms with Gasteiger partial charge in [0, 0.05) is 0 Å². The second kappa shape index (κ2) is 3.71. The summed E-state index contributed by atoms with van der Waals surface area (Å²) in [5.74, 6) is -0.990. The molecule has 0 atom stereocenters. The maximum atomic E-state index is 10.3. The van der Waals surface area contributed by atoms with Crippen molar-refractivity contribution in [2.75, 3.05) is 12.8 Å². The lowest BCUT2D eigenvalue weighted by molar-refractivity contribution is -0.313. The Bertz CT molecular complexity index is 159. The molecule has 0 aliphatic heterocycles. The van der Waals surface area contributed by atoms with E-state index in [1.54, 1.807) is 0 Å². The molecule has 0 saturated carbocycles. The molecule has 10 heavy (non-hydrogen) atoms. The first-order valence-electron chi connectivity index (χ1n) is 2.62. The van der Waals surface area contributed by atoms with Crippen molar-refractivity contribution in [3.8, 4) is 0 Å². The van der Waals surface area contributed by atoms with Crippen LogP contribution in [0.3, 0.4) is 0 Å². The van der Waals surface area contributed by atoms with Crippen LogP contribution in [-0.4, -0.2) is 18.7 Å². The number of rotatable bonds is 3. The Morgan fingerprint density at radius 1 is 1.60 bits per heavy atom. The predicted octanol–water partition coefficient (Wildman–Crippen LogP) is -1.54.